The molecule has 1 aromatic carbocycles. The second-order valence-corrected chi connectivity index (χ2v) is 4.57. The van der Waals surface area contributed by atoms with Gasteiger partial charge in [0, 0.05) is 24.9 Å². The van der Waals surface area contributed by atoms with Crippen LogP contribution in [0, 0.1) is 0 Å². The maximum absolute atomic E-state index is 4.56. The Morgan fingerprint density at radius 1 is 1.28 bits per heavy atom. The molecular formula is C14H20IN3. The third-order valence-corrected chi connectivity index (χ3v) is 3.62. The zero-order valence-corrected chi connectivity index (χ0v) is 13.3. The molecule has 2 unspecified atom stereocenters. The summed E-state index contributed by atoms with van der Waals surface area (Å²) in [7, 11) is 2.21. The molecule has 0 saturated heterocycles. The van der Waals surface area contributed by atoms with E-state index in [1.807, 2.05) is 24.4 Å². The number of allylic oxidation sites excluding steroid dienone is 2. The Labute approximate surface area is 126 Å². The largest absolute Gasteiger partial charge is 1.00 e. The summed E-state index contributed by atoms with van der Waals surface area (Å²) in [6, 6.07) is 10.2. The van der Waals surface area contributed by atoms with Crippen molar-refractivity contribution in [3.63, 3.8) is 0 Å². The van der Waals surface area contributed by atoms with Crippen molar-refractivity contribution in [3.05, 3.63) is 42.1 Å². The van der Waals surface area contributed by atoms with E-state index in [-0.39, 0.29) is 30.3 Å². The monoisotopic (exact) mass is 357 g/mol. The van der Waals surface area contributed by atoms with E-state index >= 15 is 0 Å². The van der Waals surface area contributed by atoms with Gasteiger partial charge in [-0.15, -0.1) is 0 Å². The van der Waals surface area contributed by atoms with E-state index in [2.05, 4.69) is 49.4 Å². The maximum Gasteiger partial charge on any atom is 0.265 e. The number of halogens is 1. The van der Waals surface area contributed by atoms with Crippen LogP contribution in [-0.4, -0.2) is 30.6 Å². The number of benzene rings is 1. The van der Waals surface area contributed by atoms with Gasteiger partial charge >= 0.3 is 0 Å². The fraction of sp³-hybridized carbons (Fsp3) is 0.357. The summed E-state index contributed by atoms with van der Waals surface area (Å²) in [6.07, 6.45) is 4.05. The predicted molar refractivity (Wildman–Crippen MR) is 72.8 cm³/mol. The van der Waals surface area contributed by atoms with E-state index in [1.54, 1.807) is 0 Å². The van der Waals surface area contributed by atoms with Crippen molar-refractivity contribution < 1.29 is 28.5 Å². The SMILES string of the molecule is CC[N+]1(C)C(C)=CC=NC1Nc1ccccc1.[I-]. The van der Waals surface area contributed by atoms with Crippen molar-refractivity contribution in [2.45, 2.75) is 20.1 Å². The van der Waals surface area contributed by atoms with Crippen LogP contribution in [0.25, 0.3) is 0 Å². The van der Waals surface area contributed by atoms with Gasteiger partial charge in [0.25, 0.3) is 6.29 Å². The van der Waals surface area contributed by atoms with E-state index in [1.165, 1.54) is 5.70 Å². The first-order valence-electron chi connectivity index (χ1n) is 6.04. The quantitative estimate of drug-likeness (QED) is 0.590. The Balaban J connectivity index is 0.00000162. The lowest BCUT2D eigenvalue weighted by Crippen LogP contribution is -3.00. The molecule has 1 aliphatic rings. The van der Waals surface area contributed by atoms with E-state index in [0.717, 1.165) is 16.7 Å². The van der Waals surface area contributed by atoms with Crippen LogP contribution < -0.4 is 29.3 Å². The molecule has 2 atom stereocenters. The molecule has 18 heavy (non-hydrogen) atoms. The number of rotatable bonds is 3. The van der Waals surface area contributed by atoms with Gasteiger partial charge < -0.3 is 29.3 Å². The fourth-order valence-corrected chi connectivity index (χ4v) is 2.03. The summed E-state index contributed by atoms with van der Waals surface area (Å²) in [4.78, 5) is 4.56. The molecule has 4 heteroatoms. The minimum Gasteiger partial charge on any atom is -1.00 e. The third-order valence-electron chi connectivity index (χ3n) is 3.62. The molecule has 98 valence electrons. The second-order valence-electron chi connectivity index (χ2n) is 4.57. The summed E-state index contributed by atoms with van der Waals surface area (Å²) in [5.74, 6) is 0. The van der Waals surface area contributed by atoms with Crippen molar-refractivity contribution in [1.29, 1.82) is 0 Å². The number of quaternary nitrogens is 1. The van der Waals surface area contributed by atoms with Crippen LogP contribution in [0.4, 0.5) is 5.69 Å². The number of nitrogens with one attached hydrogen (secondary N) is 1. The number of hydrogen-bond acceptors (Lipinski definition) is 2. The molecule has 1 N–H and O–H groups in total. The van der Waals surface area contributed by atoms with Crippen LogP contribution in [-0.2, 0) is 0 Å². The lowest BCUT2D eigenvalue weighted by Gasteiger charge is -2.40. The highest BCUT2D eigenvalue weighted by Crippen LogP contribution is 2.24. The molecule has 0 spiro atoms. The van der Waals surface area contributed by atoms with Gasteiger partial charge in [0.2, 0.25) is 0 Å². The van der Waals surface area contributed by atoms with Crippen molar-refractivity contribution in [2.24, 2.45) is 4.99 Å². The van der Waals surface area contributed by atoms with Gasteiger partial charge in [-0.25, -0.2) is 4.99 Å². The Morgan fingerprint density at radius 3 is 2.56 bits per heavy atom. The van der Waals surface area contributed by atoms with Crippen molar-refractivity contribution in [2.75, 3.05) is 18.9 Å². The molecule has 0 bridgehead atoms. The predicted octanol–water partition coefficient (Wildman–Crippen LogP) is -0.159. The summed E-state index contributed by atoms with van der Waals surface area (Å²) in [6.45, 7) is 5.37. The maximum atomic E-state index is 4.56. The van der Waals surface area contributed by atoms with Crippen LogP contribution in [0.5, 0.6) is 0 Å². The van der Waals surface area contributed by atoms with Gasteiger partial charge in [-0.1, -0.05) is 18.2 Å². The lowest BCUT2D eigenvalue weighted by molar-refractivity contribution is -0.892. The highest BCUT2D eigenvalue weighted by atomic mass is 127. The van der Waals surface area contributed by atoms with E-state index in [4.69, 9.17) is 0 Å². The van der Waals surface area contributed by atoms with Crippen molar-refractivity contribution in [1.82, 2.24) is 0 Å². The number of nitrogens with zero attached hydrogens (tertiary/aromatic N) is 2. The molecule has 0 amide bonds. The molecule has 0 saturated carbocycles. The first-order chi connectivity index (χ1) is 8.16. The Hall–Kier alpha value is -0.880. The van der Waals surface area contributed by atoms with E-state index in [0.29, 0.717) is 0 Å². The minimum atomic E-state index is 0. The average molecular weight is 357 g/mol. The van der Waals surface area contributed by atoms with Crippen LogP contribution >= 0.6 is 0 Å². The molecular weight excluding hydrogens is 337 g/mol. The standard InChI is InChI=1S/C14H20N3.HI/c1-4-17(3)12(2)10-11-15-14(17)16-13-8-6-5-7-9-13;/h5-11,14,16H,4H2,1-3H3;1H/q+1;/p-1. The molecule has 0 radical (unpaired) electrons. The topological polar surface area (TPSA) is 24.4 Å². The van der Waals surface area contributed by atoms with Crippen LogP contribution in [0.3, 0.4) is 0 Å². The van der Waals surface area contributed by atoms with E-state index < -0.39 is 0 Å². The Kier molecular flexibility index (Phi) is 5.34. The van der Waals surface area contributed by atoms with Gasteiger partial charge in [0.05, 0.1) is 13.6 Å². The molecule has 1 aliphatic heterocycles. The molecule has 1 heterocycles. The second kappa shape index (κ2) is 6.33. The molecule has 0 aliphatic carbocycles. The zero-order valence-electron chi connectivity index (χ0n) is 11.1. The van der Waals surface area contributed by atoms with Crippen molar-refractivity contribution >= 4 is 11.9 Å². The highest BCUT2D eigenvalue weighted by Gasteiger charge is 2.34. The number of aliphatic imine (C=N–C) groups is 1. The normalized spacial score (nSPS) is 26.2. The van der Waals surface area contributed by atoms with Crippen LogP contribution in [0.15, 0.2) is 47.1 Å². The van der Waals surface area contributed by atoms with Crippen molar-refractivity contribution in [3.8, 4) is 0 Å². The fourth-order valence-electron chi connectivity index (χ4n) is 2.03. The number of para-hydroxylation sites is 1. The minimum absolute atomic E-state index is 0. The molecule has 0 fully saturated rings. The first-order valence-corrected chi connectivity index (χ1v) is 6.04. The average Bonchev–Trinajstić information content (AvgIpc) is 2.36. The van der Waals surface area contributed by atoms with Gasteiger partial charge in [-0.3, -0.25) is 4.48 Å². The lowest BCUT2D eigenvalue weighted by atomic mass is 10.2. The summed E-state index contributed by atoms with van der Waals surface area (Å²) < 4.78 is 0.811. The Morgan fingerprint density at radius 2 is 1.94 bits per heavy atom. The van der Waals surface area contributed by atoms with Crippen LogP contribution in [0.2, 0.25) is 0 Å². The first kappa shape index (κ1) is 15.2. The van der Waals surface area contributed by atoms with Crippen LogP contribution in [0.1, 0.15) is 13.8 Å². The molecule has 3 nitrogen and oxygen atoms in total. The van der Waals surface area contributed by atoms with Gasteiger partial charge in [-0.05, 0) is 19.1 Å². The zero-order chi connectivity index (χ0) is 12.3. The van der Waals surface area contributed by atoms with Gasteiger partial charge in [0.1, 0.15) is 5.70 Å². The summed E-state index contributed by atoms with van der Waals surface area (Å²) in [5.41, 5.74) is 2.44. The summed E-state index contributed by atoms with van der Waals surface area (Å²) >= 11 is 0. The molecule has 2 rings (SSSR count). The highest BCUT2D eigenvalue weighted by molar-refractivity contribution is 5.72. The smallest absolute Gasteiger partial charge is 0.265 e. The van der Waals surface area contributed by atoms with E-state index in [9.17, 15) is 0 Å². The number of hydrogen-bond donors (Lipinski definition) is 1. The third kappa shape index (κ3) is 2.92. The van der Waals surface area contributed by atoms with Gasteiger partial charge in [0.15, 0.2) is 0 Å². The number of anilines is 1. The Bertz CT molecular complexity index is 442. The molecule has 0 aromatic heterocycles. The molecule has 1 aromatic rings. The summed E-state index contributed by atoms with van der Waals surface area (Å²) in [5, 5.41) is 3.49. The van der Waals surface area contributed by atoms with Gasteiger partial charge in [-0.2, -0.15) is 0 Å².